The summed E-state index contributed by atoms with van der Waals surface area (Å²) in [6.45, 7) is 2.06. The molecule has 2 aromatic heterocycles. The Hall–Kier alpha value is -1.33. The van der Waals surface area contributed by atoms with Crippen LogP contribution in [0.5, 0.6) is 0 Å². The summed E-state index contributed by atoms with van der Waals surface area (Å²) in [5.74, 6) is -0.0287. The van der Waals surface area contributed by atoms with E-state index in [0.717, 1.165) is 23.3 Å². The van der Waals surface area contributed by atoms with E-state index < -0.39 is 0 Å². The molecule has 0 unspecified atom stereocenters. The average Bonchev–Trinajstić information content (AvgIpc) is 2.90. The molecule has 3 N–H and O–H groups in total. The Labute approximate surface area is 114 Å². The molecule has 3 rings (SSSR count). The number of thiophene rings is 2. The topological polar surface area (TPSA) is 55.1 Å². The predicted molar refractivity (Wildman–Crippen MR) is 77.3 cm³/mol. The number of carbonyl (C=O) groups is 1. The standard InChI is InChI=1S/C13H14N2OS2/c1-7-4-5-17-11(7)9-6-18-12(14)10(9)13(16)15-8-2-3-8/h4-6,8H,2-3,14H2,1H3,(H,15,16). The lowest BCUT2D eigenvalue weighted by atomic mass is 10.1. The lowest BCUT2D eigenvalue weighted by molar-refractivity contribution is 0.0953. The number of hydrogen-bond acceptors (Lipinski definition) is 4. The van der Waals surface area contributed by atoms with E-state index in [0.29, 0.717) is 16.6 Å². The summed E-state index contributed by atoms with van der Waals surface area (Å²) in [5.41, 5.74) is 8.78. The van der Waals surface area contributed by atoms with Gasteiger partial charge in [0.25, 0.3) is 5.91 Å². The molecular formula is C13H14N2OS2. The maximum Gasteiger partial charge on any atom is 0.255 e. The lowest BCUT2D eigenvalue weighted by Crippen LogP contribution is -2.26. The first-order valence-corrected chi connectivity index (χ1v) is 7.65. The van der Waals surface area contributed by atoms with Crippen molar-refractivity contribution in [2.45, 2.75) is 25.8 Å². The SMILES string of the molecule is Cc1ccsc1-c1csc(N)c1C(=O)NC1CC1. The molecule has 0 spiro atoms. The minimum atomic E-state index is -0.0287. The maximum atomic E-state index is 12.2. The van der Waals surface area contributed by atoms with Crippen LogP contribution in [-0.4, -0.2) is 11.9 Å². The van der Waals surface area contributed by atoms with Gasteiger partial charge in [0.15, 0.2) is 0 Å². The van der Waals surface area contributed by atoms with Crippen LogP contribution in [0.2, 0.25) is 0 Å². The van der Waals surface area contributed by atoms with E-state index >= 15 is 0 Å². The zero-order valence-corrected chi connectivity index (χ0v) is 11.7. The van der Waals surface area contributed by atoms with Crippen molar-refractivity contribution in [2.24, 2.45) is 0 Å². The van der Waals surface area contributed by atoms with Gasteiger partial charge in [0.05, 0.1) is 10.6 Å². The molecule has 1 amide bonds. The van der Waals surface area contributed by atoms with Crippen LogP contribution in [0.1, 0.15) is 28.8 Å². The second kappa shape index (κ2) is 4.40. The Bertz CT molecular complexity index is 596. The minimum absolute atomic E-state index is 0.0287. The number of anilines is 1. The largest absolute Gasteiger partial charge is 0.390 e. The van der Waals surface area contributed by atoms with E-state index in [1.54, 1.807) is 11.3 Å². The van der Waals surface area contributed by atoms with Crippen LogP contribution < -0.4 is 11.1 Å². The van der Waals surface area contributed by atoms with Crippen molar-refractivity contribution in [3.05, 3.63) is 28.0 Å². The highest BCUT2D eigenvalue weighted by Crippen LogP contribution is 2.38. The van der Waals surface area contributed by atoms with Gasteiger partial charge in [-0.3, -0.25) is 4.79 Å². The van der Waals surface area contributed by atoms with E-state index in [9.17, 15) is 4.79 Å². The van der Waals surface area contributed by atoms with Gasteiger partial charge in [-0.05, 0) is 36.8 Å². The monoisotopic (exact) mass is 278 g/mol. The molecule has 1 aliphatic carbocycles. The normalized spacial score (nSPS) is 14.7. The zero-order valence-electron chi connectivity index (χ0n) is 10.0. The van der Waals surface area contributed by atoms with Crippen molar-refractivity contribution in [2.75, 3.05) is 5.73 Å². The fourth-order valence-corrected chi connectivity index (χ4v) is 3.73. The zero-order chi connectivity index (χ0) is 12.7. The highest BCUT2D eigenvalue weighted by Gasteiger charge is 2.27. The molecule has 18 heavy (non-hydrogen) atoms. The van der Waals surface area contributed by atoms with Crippen molar-refractivity contribution in [3.63, 3.8) is 0 Å². The fourth-order valence-electron chi connectivity index (χ4n) is 1.91. The summed E-state index contributed by atoms with van der Waals surface area (Å²) in [6.07, 6.45) is 2.17. The van der Waals surface area contributed by atoms with Crippen molar-refractivity contribution >= 4 is 33.6 Å². The van der Waals surface area contributed by atoms with Crippen molar-refractivity contribution in [1.82, 2.24) is 5.32 Å². The van der Waals surface area contributed by atoms with Gasteiger partial charge >= 0.3 is 0 Å². The first-order valence-electron chi connectivity index (χ1n) is 5.89. The second-order valence-electron chi connectivity index (χ2n) is 4.57. The molecule has 0 atom stereocenters. The number of hydrogen-bond donors (Lipinski definition) is 2. The number of aryl methyl sites for hydroxylation is 1. The third-order valence-electron chi connectivity index (χ3n) is 3.07. The molecule has 2 aromatic rings. The highest BCUT2D eigenvalue weighted by molar-refractivity contribution is 7.16. The van der Waals surface area contributed by atoms with Gasteiger partial charge in [-0.1, -0.05) is 0 Å². The van der Waals surface area contributed by atoms with Gasteiger partial charge in [-0.15, -0.1) is 22.7 Å². The van der Waals surface area contributed by atoms with Gasteiger partial charge in [-0.25, -0.2) is 0 Å². The quantitative estimate of drug-likeness (QED) is 0.905. The number of nitrogens with two attached hydrogens (primary N) is 1. The van der Waals surface area contributed by atoms with Crippen LogP contribution in [0.15, 0.2) is 16.8 Å². The number of carbonyl (C=O) groups excluding carboxylic acids is 1. The van der Waals surface area contributed by atoms with Crippen LogP contribution in [0, 0.1) is 6.92 Å². The molecule has 0 aliphatic heterocycles. The van der Waals surface area contributed by atoms with Crippen molar-refractivity contribution in [3.8, 4) is 10.4 Å². The molecule has 0 radical (unpaired) electrons. The maximum absolute atomic E-state index is 12.2. The van der Waals surface area contributed by atoms with Gasteiger partial charge < -0.3 is 11.1 Å². The smallest absolute Gasteiger partial charge is 0.255 e. The molecular weight excluding hydrogens is 264 g/mol. The molecule has 94 valence electrons. The molecule has 1 saturated carbocycles. The van der Waals surface area contributed by atoms with E-state index in [1.165, 1.54) is 16.9 Å². The second-order valence-corrected chi connectivity index (χ2v) is 6.40. The van der Waals surface area contributed by atoms with Crippen LogP contribution in [0.4, 0.5) is 5.00 Å². The third kappa shape index (κ3) is 2.04. The Kier molecular flexibility index (Phi) is 2.87. The number of nitrogens with one attached hydrogen (secondary N) is 1. The van der Waals surface area contributed by atoms with Crippen LogP contribution in [-0.2, 0) is 0 Å². The van der Waals surface area contributed by atoms with E-state index in [4.69, 9.17) is 5.73 Å². The number of nitrogen functional groups attached to an aromatic ring is 1. The third-order valence-corrected chi connectivity index (χ3v) is 4.93. The fraction of sp³-hybridized carbons (Fsp3) is 0.308. The van der Waals surface area contributed by atoms with Crippen LogP contribution >= 0.6 is 22.7 Å². The minimum Gasteiger partial charge on any atom is -0.390 e. The van der Waals surface area contributed by atoms with Gasteiger partial charge in [0.1, 0.15) is 0 Å². The molecule has 0 aromatic carbocycles. The van der Waals surface area contributed by atoms with E-state index in [-0.39, 0.29) is 5.91 Å². The number of amides is 1. The Morgan fingerprint density at radius 3 is 2.83 bits per heavy atom. The Morgan fingerprint density at radius 1 is 1.44 bits per heavy atom. The summed E-state index contributed by atoms with van der Waals surface area (Å²) >= 11 is 3.09. The molecule has 2 heterocycles. The van der Waals surface area contributed by atoms with Gasteiger partial charge in [-0.2, -0.15) is 0 Å². The van der Waals surface area contributed by atoms with E-state index in [1.807, 2.05) is 10.8 Å². The first-order chi connectivity index (χ1) is 8.66. The summed E-state index contributed by atoms with van der Waals surface area (Å²) in [5, 5.41) is 7.64. The molecule has 0 bridgehead atoms. The van der Waals surface area contributed by atoms with Crippen LogP contribution in [0.3, 0.4) is 0 Å². The summed E-state index contributed by atoms with van der Waals surface area (Å²) in [4.78, 5) is 13.4. The predicted octanol–water partition coefficient (Wildman–Crippen LogP) is 3.26. The molecule has 3 nitrogen and oxygen atoms in total. The van der Waals surface area contributed by atoms with Crippen molar-refractivity contribution in [1.29, 1.82) is 0 Å². The summed E-state index contributed by atoms with van der Waals surface area (Å²) < 4.78 is 0. The van der Waals surface area contributed by atoms with Crippen LogP contribution in [0.25, 0.3) is 10.4 Å². The Balaban J connectivity index is 2.00. The van der Waals surface area contributed by atoms with E-state index in [2.05, 4.69) is 18.3 Å². The molecule has 0 saturated heterocycles. The summed E-state index contributed by atoms with van der Waals surface area (Å²) in [7, 11) is 0. The average molecular weight is 278 g/mol. The first kappa shape index (κ1) is 11.7. The number of rotatable bonds is 3. The van der Waals surface area contributed by atoms with Crippen molar-refractivity contribution < 1.29 is 4.79 Å². The van der Waals surface area contributed by atoms with Gasteiger partial charge in [0, 0.05) is 21.9 Å². The molecule has 1 aliphatic rings. The highest BCUT2D eigenvalue weighted by atomic mass is 32.1. The molecule has 1 fully saturated rings. The lowest BCUT2D eigenvalue weighted by Gasteiger charge is -2.06. The Morgan fingerprint density at radius 2 is 2.22 bits per heavy atom. The summed E-state index contributed by atoms with van der Waals surface area (Å²) in [6, 6.07) is 2.42. The van der Waals surface area contributed by atoms with Gasteiger partial charge in [0.2, 0.25) is 0 Å². The molecule has 5 heteroatoms.